The van der Waals surface area contributed by atoms with Crippen molar-refractivity contribution in [1.82, 2.24) is 0 Å². The van der Waals surface area contributed by atoms with Crippen molar-refractivity contribution < 1.29 is 0 Å². The van der Waals surface area contributed by atoms with Gasteiger partial charge in [0.05, 0.1) is 8.83 Å². The summed E-state index contributed by atoms with van der Waals surface area (Å²) in [6, 6.07) is 22.8. The molecule has 2 aromatic rings. The average Bonchev–Trinajstić information content (AvgIpc) is 3.02. The first kappa shape index (κ1) is 17.0. The van der Waals surface area contributed by atoms with Gasteiger partial charge in [-0.1, -0.05) is 67.6 Å². The van der Waals surface area contributed by atoms with Crippen molar-refractivity contribution >= 4 is 23.5 Å². The summed E-state index contributed by atoms with van der Waals surface area (Å²) >= 11 is 4.74. The highest BCUT2D eigenvalue weighted by atomic mass is 32.2. The summed E-state index contributed by atoms with van der Waals surface area (Å²) in [5.41, 5.74) is 3.01. The van der Waals surface area contributed by atoms with E-state index in [1.807, 2.05) is 0 Å². The summed E-state index contributed by atoms with van der Waals surface area (Å²) < 4.78 is 0.529. The molecule has 0 amide bonds. The minimum atomic E-state index is 0.0859. The first-order valence-corrected chi connectivity index (χ1v) is 12.4. The number of hydrogen-bond donors (Lipinski definition) is 0. The summed E-state index contributed by atoms with van der Waals surface area (Å²) in [4.78, 5) is 0. The molecule has 4 saturated carbocycles. The Morgan fingerprint density at radius 1 is 0.704 bits per heavy atom. The highest BCUT2D eigenvalue weighted by Crippen LogP contribution is 2.76. The lowest BCUT2D eigenvalue weighted by Crippen LogP contribution is -2.53. The quantitative estimate of drug-likeness (QED) is 0.542. The van der Waals surface area contributed by atoms with Gasteiger partial charge >= 0.3 is 0 Å². The molecule has 1 atom stereocenters. The number of rotatable bonds is 2. The smallest absolute Gasteiger partial charge is 0.0787 e. The first-order chi connectivity index (χ1) is 13.2. The molecule has 2 heteroatoms. The van der Waals surface area contributed by atoms with Crippen LogP contribution in [0.5, 0.6) is 0 Å². The topological polar surface area (TPSA) is 0 Å². The first-order valence-electron chi connectivity index (χ1n) is 10.7. The maximum atomic E-state index is 2.51. The van der Waals surface area contributed by atoms with Crippen LogP contribution >= 0.6 is 23.5 Å². The lowest BCUT2D eigenvalue weighted by molar-refractivity contribution is 0.0158. The predicted octanol–water partition coefficient (Wildman–Crippen LogP) is 6.95. The van der Waals surface area contributed by atoms with E-state index in [0.29, 0.717) is 9.33 Å². The molecular formula is C25H28S2. The third kappa shape index (κ3) is 2.32. The second-order valence-electron chi connectivity index (χ2n) is 9.36. The van der Waals surface area contributed by atoms with E-state index in [-0.39, 0.29) is 4.75 Å². The van der Waals surface area contributed by atoms with E-state index in [4.69, 9.17) is 0 Å². The van der Waals surface area contributed by atoms with Gasteiger partial charge in [-0.05, 0) is 66.9 Å². The molecule has 1 aliphatic heterocycles. The highest BCUT2D eigenvalue weighted by Gasteiger charge is 2.66. The van der Waals surface area contributed by atoms with Crippen molar-refractivity contribution in [2.24, 2.45) is 23.7 Å². The Balaban J connectivity index is 1.50. The van der Waals surface area contributed by atoms with Gasteiger partial charge in [0.1, 0.15) is 0 Å². The number of benzene rings is 2. The van der Waals surface area contributed by atoms with Crippen molar-refractivity contribution in [3.8, 4) is 0 Å². The van der Waals surface area contributed by atoms with Crippen molar-refractivity contribution in [3.05, 3.63) is 71.8 Å². The molecule has 0 radical (unpaired) electrons. The molecule has 1 saturated heterocycles. The van der Waals surface area contributed by atoms with Gasteiger partial charge in [0.25, 0.3) is 0 Å². The van der Waals surface area contributed by atoms with Gasteiger partial charge < -0.3 is 0 Å². The Labute approximate surface area is 171 Å². The van der Waals surface area contributed by atoms with Crippen molar-refractivity contribution in [3.63, 3.8) is 0 Å². The van der Waals surface area contributed by atoms with E-state index in [1.54, 1.807) is 0 Å². The van der Waals surface area contributed by atoms with E-state index < -0.39 is 0 Å². The zero-order valence-corrected chi connectivity index (χ0v) is 17.6. The fraction of sp³-hybridized carbons (Fsp3) is 0.520. The van der Waals surface area contributed by atoms with Gasteiger partial charge in [0.2, 0.25) is 0 Å². The Kier molecular flexibility index (Phi) is 3.83. The van der Waals surface area contributed by atoms with Crippen molar-refractivity contribution in [2.75, 3.05) is 0 Å². The maximum Gasteiger partial charge on any atom is 0.0787 e. The zero-order valence-electron chi connectivity index (χ0n) is 16.0. The summed E-state index contributed by atoms with van der Waals surface area (Å²) in [5, 5.41) is 0.602. The van der Waals surface area contributed by atoms with E-state index in [9.17, 15) is 0 Å². The van der Waals surface area contributed by atoms with Gasteiger partial charge in [-0.2, -0.15) is 0 Å². The largest absolute Gasteiger partial charge is 0.138 e. The second-order valence-corrected chi connectivity index (χ2v) is 12.8. The fourth-order valence-corrected chi connectivity index (χ4v) is 12.0. The van der Waals surface area contributed by atoms with Crippen molar-refractivity contribution in [2.45, 2.75) is 53.1 Å². The highest BCUT2D eigenvalue weighted by molar-refractivity contribution is 8.22. The monoisotopic (exact) mass is 392 g/mol. The van der Waals surface area contributed by atoms with Crippen LogP contribution in [0.3, 0.4) is 0 Å². The molecule has 4 aliphatic carbocycles. The lowest BCUT2D eigenvalue weighted by atomic mass is 9.56. The van der Waals surface area contributed by atoms with Crippen LogP contribution in [-0.4, -0.2) is 9.33 Å². The van der Waals surface area contributed by atoms with Crippen LogP contribution in [0, 0.1) is 23.7 Å². The second kappa shape index (κ2) is 6.07. The van der Waals surface area contributed by atoms with E-state index in [1.165, 1.54) is 43.2 Å². The molecular weight excluding hydrogens is 364 g/mol. The van der Waals surface area contributed by atoms with E-state index in [2.05, 4.69) is 91.1 Å². The van der Waals surface area contributed by atoms with Crippen LogP contribution in [0.15, 0.2) is 60.7 Å². The maximum absolute atomic E-state index is 2.51. The molecule has 0 aromatic heterocycles. The van der Waals surface area contributed by atoms with Gasteiger partial charge in [-0.15, -0.1) is 23.5 Å². The van der Waals surface area contributed by atoms with Gasteiger partial charge in [0.15, 0.2) is 0 Å². The van der Waals surface area contributed by atoms with E-state index in [0.717, 1.165) is 23.7 Å². The average molecular weight is 393 g/mol. The fourth-order valence-electron chi connectivity index (χ4n) is 7.04. The van der Waals surface area contributed by atoms with Crippen LogP contribution in [0.2, 0.25) is 0 Å². The van der Waals surface area contributed by atoms with E-state index >= 15 is 0 Å². The minimum Gasteiger partial charge on any atom is -0.138 e. The SMILES string of the molecule is CC1SC2(SC1(c1ccccc1)c1ccccc1)C1CC3CC(C1)CC2C3. The summed E-state index contributed by atoms with van der Waals surface area (Å²) in [6.45, 7) is 2.51. The van der Waals surface area contributed by atoms with Crippen LogP contribution < -0.4 is 0 Å². The summed E-state index contributed by atoms with van der Waals surface area (Å²) in [7, 11) is 0. The molecule has 4 bridgehead atoms. The molecule has 27 heavy (non-hydrogen) atoms. The van der Waals surface area contributed by atoms with Gasteiger partial charge in [-0.3, -0.25) is 0 Å². The van der Waals surface area contributed by atoms with Crippen LogP contribution in [0.4, 0.5) is 0 Å². The summed E-state index contributed by atoms with van der Waals surface area (Å²) in [6.07, 6.45) is 7.54. The number of hydrogen-bond acceptors (Lipinski definition) is 2. The third-order valence-electron chi connectivity index (χ3n) is 7.94. The molecule has 0 nitrogen and oxygen atoms in total. The normalized spacial score (nSPS) is 41.3. The zero-order chi connectivity index (χ0) is 18.1. The van der Waals surface area contributed by atoms with Crippen molar-refractivity contribution in [1.29, 1.82) is 0 Å². The predicted molar refractivity (Wildman–Crippen MR) is 118 cm³/mol. The van der Waals surface area contributed by atoms with Gasteiger partial charge in [-0.25, -0.2) is 0 Å². The van der Waals surface area contributed by atoms with Crippen LogP contribution in [0.1, 0.15) is 50.2 Å². The molecule has 140 valence electrons. The standard InChI is InChI=1S/C25H28S2/c1-17-24(20-8-4-2-5-9-20,21-10-6-3-7-11-21)27-25(26-17)22-13-18-12-19(15-22)16-23(25)14-18/h2-11,17-19,22-23H,12-16H2,1H3. The van der Waals surface area contributed by atoms with Crippen LogP contribution in [0.25, 0.3) is 0 Å². The molecule has 0 N–H and O–H groups in total. The Morgan fingerprint density at radius 3 is 1.67 bits per heavy atom. The molecule has 1 unspecified atom stereocenters. The Morgan fingerprint density at radius 2 is 1.19 bits per heavy atom. The Bertz CT molecular complexity index is 760. The molecule has 7 rings (SSSR count). The molecule has 1 heterocycles. The molecule has 5 fully saturated rings. The lowest BCUT2D eigenvalue weighted by Gasteiger charge is -2.59. The molecule has 1 spiro atoms. The Hall–Kier alpha value is -0.860. The molecule has 5 aliphatic rings. The number of thioether (sulfide) groups is 2. The van der Waals surface area contributed by atoms with Gasteiger partial charge in [0, 0.05) is 5.25 Å². The minimum absolute atomic E-state index is 0.0859. The molecule has 2 aromatic carbocycles. The third-order valence-corrected chi connectivity index (χ3v) is 12.5. The summed E-state index contributed by atoms with van der Waals surface area (Å²) in [5.74, 6) is 3.94. The van der Waals surface area contributed by atoms with Crippen LogP contribution in [-0.2, 0) is 4.75 Å².